The Balaban J connectivity index is 2.06. The van der Waals surface area contributed by atoms with E-state index >= 15 is 0 Å². The molecule has 5 nitrogen and oxygen atoms in total. The lowest BCUT2D eigenvalue weighted by Gasteiger charge is -2.26. The van der Waals surface area contributed by atoms with Crippen LogP contribution >= 0.6 is 11.3 Å². The SMILES string of the molecule is C=CCN(CC(=O)N(Cc1ccc(F)cc1)Cc1cccs1)S(=O)(=O)CCCCCCCC. The molecule has 0 atom stereocenters. The third kappa shape index (κ3) is 9.78. The van der Waals surface area contributed by atoms with E-state index in [1.54, 1.807) is 17.0 Å². The minimum Gasteiger partial charge on any atom is -0.332 e. The minimum absolute atomic E-state index is 0.0309. The first-order valence-corrected chi connectivity index (χ1v) is 14.0. The van der Waals surface area contributed by atoms with Crippen molar-refractivity contribution >= 4 is 27.3 Å². The van der Waals surface area contributed by atoms with Crippen LogP contribution in [0.3, 0.4) is 0 Å². The fraction of sp³-hybridized carbons (Fsp3) is 0.480. The lowest BCUT2D eigenvalue weighted by Crippen LogP contribution is -2.43. The number of hydrogen-bond donors (Lipinski definition) is 0. The number of unbranched alkanes of at least 4 members (excludes halogenated alkanes) is 5. The van der Waals surface area contributed by atoms with E-state index in [1.165, 1.54) is 33.9 Å². The summed E-state index contributed by atoms with van der Waals surface area (Å²) in [6, 6.07) is 9.85. The number of sulfonamides is 1. The van der Waals surface area contributed by atoms with Gasteiger partial charge in [-0.2, -0.15) is 4.31 Å². The molecule has 2 rings (SSSR count). The fourth-order valence-electron chi connectivity index (χ4n) is 3.50. The predicted molar refractivity (Wildman–Crippen MR) is 134 cm³/mol. The number of thiophene rings is 1. The molecule has 0 spiro atoms. The zero-order valence-electron chi connectivity index (χ0n) is 19.4. The second-order valence-electron chi connectivity index (χ2n) is 8.12. The summed E-state index contributed by atoms with van der Waals surface area (Å²) in [5.41, 5.74) is 0.784. The van der Waals surface area contributed by atoms with Gasteiger partial charge in [0.25, 0.3) is 0 Å². The van der Waals surface area contributed by atoms with Crippen molar-refractivity contribution in [1.29, 1.82) is 0 Å². The van der Waals surface area contributed by atoms with Crippen molar-refractivity contribution < 1.29 is 17.6 Å². The highest BCUT2D eigenvalue weighted by Gasteiger charge is 2.26. The van der Waals surface area contributed by atoms with E-state index in [0.717, 1.165) is 42.5 Å². The quantitative estimate of drug-likeness (QED) is 0.226. The Bertz CT molecular complexity index is 945. The summed E-state index contributed by atoms with van der Waals surface area (Å²) in [5, 5.41) is 1.94. The van der Waals surface area contributed by atoms with E-state index in [-0.39, 0.29) is 37.1 Å². The molecule has 2 aromatic rings. The summed E-state index contributed by atoms with van der Waals surface area (Å²) in [5.74, 6) is -0.600. The van der Waals surface area contributed by atoms with Gasteiger partial charge in [-0.1, -0.05) is 63.3 Å². The minimum atomic E-state index is -3.58. The summed E-state index contributed by atoms with van der Waals surface area (Å²) in [6.07, 6.45) is 7.41. The van der Waals surface area contributed by atoms with Crippen LogP contribution in [0, 0.1) is 5.82 Å². The zero-order chi connectivity index (χ0) is 24.1. The van der Waals surface area contributed by atoms with E-state index in [0.29, 0.717) is 13.0 Å². The van der Waals surface area contributed by atoms with Crippen LogP contribution in [-0.2, 0) is 27.9 Å². The molecule has 33 heavy (non-hydrogen) atoms. The van der Waals surface area contributed by atoms with Gasteiger partial charge in [-0.25, -0.2) is 12.8 Å². The molecule has 0 fully saturated rings. The third-order valence-corrected chi connectivity index (χ3v) is 8.09. The molecule has 0 radical (unpaired) electrons. The standard InChI is InChI=1S/C25H35FN2O3S2/c1-3-5-6-7-8-9-18-33(30,31)28(16-4-2)21-25(29)27(20-24-11-10-17-32-24)19-22-12-14-23(26)15-13-22/h4,10-15,17H,2-3,5-9,16,18-21H2,1H3. The van der Waals surface area contributed by atoms with Gasteiger partial charge in [0, 0.05) is 18.0 Å². The third-order valence-electron chi connectivity index (χ3n) is 5.36. The number of carbonyl (C=O) groups excluding carboxylic acids is 1. The molecule has 0 aliphatic heterocycles. The molecular formula is C25H35FN2O3S2. The summed E-state index contributed by atoms with van der Waals surface area (Å²) >= 11 is 1.53. The van der Waals surface area contributed by atoms with Crippen LogP contribution in [0.1, 0.15) is 55.9 Å². The molecule has 0 N–H and O–H groups in total. The topological polar surface area (TPSA) is 57.7 Å². The average molecular weight is 495 g/mol. The molecule has 0 unspecified atom stereocenters. The highest BCUT2D eigenvalue weighted by atomic mass is 32.2. The summed E-state index contributed by atoms with van der Waals surface area (Å²) in [6.45, 7) is 6.31. The van der Waals surface area contributed by atoms with Gasteiger partial charge in [0.1, 0.15) is 5.82 Å². The average Bonchev–Trinajstić information content (AvgIpc) is 3.30. The number of halogens is 1. The molecule has 0 bridgehead atoms. The van der Waals surface area contributed by atoms with E-state index in [9.17, 15) is 17.6 Å². The van der Waals surface area contributed by atoms with Gasteiger partial charge in [-0.15, -0.1) is 17.9 Å². The lowest BCUT2D eigenvalue weighted by atomic mass is 10.1. The predicted octanol–water partition coefficient (Wildman–Crippen LogP) is 5.59. The number of amides is 1. The maximum atomic E-state index is 13.3. The molecular weight excluding hydrogens is 459 g/mol. The van der Waals surface area contributed by atoms with Crippen molar-refractivity contribution in [1.82, 2.24) is 9.21 Å². The van der Waals surface area contributed by atoms with Crippen molar-refractivity contribution in [2.45, 2.75) is 58.5 Å². The van der Waals surface area contributed by atoms with Crippen LogP contribution in [-0.4, -0.2) is 42.4 Å². The Morgan fingerprint density at radius 3 is 2.39 bits per heavy atom. The van der Waals surface area contributed by atoms with Crippen LogP contribution in [0.4, 0.5) is 4.39 Å². The normalized spacial score (nSPS) is 11.6. The van der Waals surface area contributed by atoms with Gasteiger partial charge in [-0.3, -0.25) is 4.79 Å². The van der Waals surface area contributed by atoms with E-state index in [2.05, 4.69) is 13.5 Å². The van der Waals surface area contributed by atoms with Crippen molar-refractivity contribution in [2.24, 2.45) is 0 Å². The molecule has 0 aliphatic rings. The first-order valence-electron chi connectivity index (χ1n) is 11.5. The monoisotopic (exact) mass is 494 g/mol. The second kappa shape index (κ2) is 14.3. The summed E-state index contributed by atoms with van der Waals surface area (Å²) in [4.78, 5) is 15.9. The second-order valence-corrected chi connectivity index (χ2v) is 11.2. The van der Waals surface area contributed by atoms with Gasteiger partial charge in [0.05, 0.1) is 18.8 Å². The molecule has 1 aromatic heterocycles. The van der Waals surface area contributed by atoms with Crippen LogP contribution < -0.4 is 0 Å². The first kappa shape index (κ1) is 27.2. The Morgan fingerprint density at radius 2 is 1.76 bits per heavy atom. The molecule has 182 valence electrons. The maximum absolute atomic E-state index is 13.3. The van der Waals surface area contributed by atoms with Crippen molar-refractivity contribution in [2.75, 3.05) is 18.8 Å². The zero-order valence-corrected chi connectivity index (χ0v) is 21.1. The highest BCUT2D eigenvalue weighted by Crippen LogP contribution is 2.17. The van der Waals surface area contributed by atoms with E-state index < -0.39 is 10.0 Å². The van der Waals surface area contributed by atoms with Gasteiger partial charge in [-0.05, 0) is 35.6 Å². The molecule has 0 saturated heterocycles. The number of carbonyl (C=O) groups is 1. The van der Waals surface area contributed by atoms with Crippen molar-refractivity contribution in [3.05, 3.63) is 70.7 Å². The van der Waals surface area contributed by atoms with Crippen LogP contribution in [0.2, 0.25) is 0 Å². The molecule has 8 heteroatoms. The fourth-order valence-corrected chi connectivity index (χ4v) is 5.68. The number of rotatable bonds is 16. The molecule has 0 aliphatic carbocycles. The highest BCUT2D eigenvalue weighted by molar-refractivity contribution is 7.89. The smallest absolute Gasteiger partial charge is 0.238 e. The number of benzene rings is 1. The Labute approximate surface area is 202 Å². The van der Waals surface area contributed by atoms with Crippen LogP contribution in [0.25, 0.3) is 0 Å². The molecule has 1 heterocycles. The van der Waals surface area contributed by atoms with Crippen molar-refractivity contribution in [3.8, 4) is 0 Å². The number of nitrogens with zero attached hydrogens (tertiary/aromatic N) is 2. The Kier molecular flexibility index (Phi) is 11.8. The summed E-state index contributed by atoms with van der Waals surface area (Å²) in [7, 11) is -3.58. The first-order chi connectivity index (χ1) is 15.9. The maximum Gasteiger partial charge on any atom is 0.238 e. The number of hydrogen-bond acceptors (Lipinski definition) is 4. The van der Waals surface area contributed by atoms with Crippen molar-refractivity contribution in [3.63, 3.8) is 0 Å². The Morgan fingerprint density at radius 1 is 1.06 bits per heavy atom. The van der Waals surface area contributed by atoms with Crippen LogP contribution in [0.5, 0.6) is 0 Å². The van der Waals surface area contributed by atoms with Gasteiger partial charge in [0.15, 0.2) is 0 Å². The molecule has 1 aromatic carbocycles. The van der Waals surface area contributed by atoms with Crippen LogP contribution in [0.15, 0.2) is 54.4 Å². The molecule has 1 amide bonds. The van der Waals surface area contributed by atoms with Gasteiger partial charge < -0.3 is 4.90 Å². The summed E-state index contributed by atoms with van der Waals surface area (Å²) < 4.78 is 40.4. The van der Waals surface area contributed by atoms with Gasteiger partial charge >= 0.3 is 0 Å². The lowest BCUT2D eigenvalue weighted by molar-refractivity contribution is -0.132. The van der Waals surface area contributed by atoms with E-state index in [4.69, 9.17) is 0 Å². The van der Waals surface area contributed by atoms with E-state index in [1.807, 2.05) is 17.5 Å². The molecule has 0 saturated carbocycles. The Hall–Kier alpha value is -2.03. The van der Waals surface area contributed by atoms with Gasteiger partial charge in [0.2, 0.25) is 15.9 Å². The largest absolute Gasteiger partial charge is 0.332 e.